The first-order valence-electron chi connectivity index (χ1n) is 5.74. The molecule has 1 fully saturated rings. The van der Waals surface area contributed by atoms with Gasteiger partial charge < -0.3 is 4.57 Å². The molecule has 0 N–H and O–H groups in total. The smallest absolute Gasteiger partial charge is 0.133 e. The van der Waals surface area contributed by atoms with E-state index in [2.05, 4.69) is 15.6 Å². The van der Waals surface area contributed by atoms with Crippen molar-refractivity contribution >= 4 is 16.8 Å². The average Bonchev–Trinajstić information content (AvgIpc) is 2.87. The Morgan fingerprint density at radius 2 is 2.25 bits per heavy atom. The molecule has 0 radical (unpaired) electrons. The first kappa shape index (κ1) is 9.58. The molecule has 1 aromatic carbocycles. The maximum absolute atomic E-state index is 11.2. The van der Waals surface area contributed by atoms with Gasteiger partial charge >= 0.3 is 0 Å². The zero-order valence-electron chi connectivity index (χ0n) is 9.10. The van der Waals surface area contributed by atoms with Gasteiger partial charge in [-0.1, -0.05) is 12.1 Å². The molecule has 3 nitrogen and oxygen atoms in total. The van der Waals surface area contributed by atoms with Crippen molar-refractivity contribution in [3.05, 3.63) is 30.6 Å². The van der Waals surface area contributed by atoms with Crippen LogP contribution in [0.15, 0.2) is 30.6 Å². The van der Waals surface area contributed by atoms with Gasteiger partial charge in [-0.3, -0.25) is 4.79 Å². The van der Waals surface area contributed by atoms with Crippen LogP contribution >= 0.6 is 0 Å². The molecule has 2 aromatic rings. The molecule has 1 atom stereocenters. The molecule has 1 unspecified atom stereocenters. The zero-order valence-corrected chi connectivity index (χ0v) is 9.10. The predicted octanol–water partition coefficient (Wildman–Crippen LogP) is 2.41. The molecule has 0 saturated heterocycles. The van der Waals surface area contributed by atoms with Gasteiger partial charge in [-0.25, -0.2) is 4.98 Å². The minimum absolute atomic E-state index is 0.412. The van der Waals surface area contributed by atoms with Crippen molar-refractivity contribution < 1.29 is 4.79 Å². The number of rotatable bonds is 2. The number of aromatic nitrogens is 2. The number of hydrogen-bond acceptors (Lipinski definition) is 2. The van der Waals surface area contributed by atoms with Gasteiger partial charge in [-0.05, 0) is 24.5 Å². The number of Topliss-reactive ketones (excluding diaryl/α,β-unsaturated/α-hetero) is 1. The Balaban J connectivity index is 1.86. The first-order valence-corrected chi connectivity index (χ1v) is 5.74. The van der Waals surface area contributed by atoms with Crippen LogP contribution in [0.2, 0.25) is 0 Å². The Kier molecular flexibility index (Phi) is 2.24. The van der Waals surface area contributed by atoms with Crippen molar-refractivity contribution in [3.8, 4) is 0 Å². The SMILES string of the molecule is O=C1CCC(Cn2cnc3ccccc32)C1. The molecule has 1 heterocycles. The van der Waals surface area contributed by atoms with E-state index >= 15 is 0 Å². The summed E-state index contributed by atoms with van der Waals surface area (Å²) >= 11 is 0. The van der Waals surface area contributed by atoms with Crippen LogP contribution in [0.5, 0.6) is 0 Å². The molecule has 3 rings (SSSR count). The fourth-order valence-electron chi connectivity index (χ4n) is 2.48. The molecular formula is C13H14N2O. The maximum Gasteiger partial charge on any atom is 0.133 e. The number of benzene rings is 1. The third-order valence-electron chi connectivity index (χ3n) is 3.33. The normalized spacial score (nSPS) is 20.8. The number of carbonyl (C=O) groups is 1. The first-order chi connectivity index (χ1) is 7.83. The minimum atomic E-state index is 0.412. The molecule has 1 saturated carbocycles. The number of nitrogens with zero attached hydrogens (tertiary/aromatic N) is 2. The van der Waals surface area contributed by atoms with Gasteiger partial charge in [0, 0.05) is 19.4 Å². The summed E-state index contributed by atoms with van der Waals surface area (Å²) in [4.78, 5) is 15.6. The standard InChI is InChI=1S/C13H14N2O/c16-11-6-5-10(7-11)8-15-9-14-12-3-1-2-4-13(12)15/h1-4,9-10H,5-8H2. The number of para-hydroxylation sites is 2. The predicted molar refractivity (Wildman–Crippen MR) is 62.1 cm³/mol. The van der Waals surface area contributed by atoms with Crippen molar-refractivity contribution in [3.63, 3.8) is 0 Å². The number of fused-ring (bicyclic) bond motifs is 1. The number of carbonyl (C=O) groups excluding carboxylic acids is 1. The van der Waals surface area contributed by atoms with Gasteiger partial charge in [0.05, 0.1) is 17.4 Å². The van der Waals surface area contributed by atoms with Crippen LogP contribution in [0, 0.1) is 5.92 Å². The lowest BCUT2D eigenvalue weighted by Gasteiger charge is -2.09. The van der Waals surface area contributed by atoms with Crippen LogP contribution in [0.3, 0.4) is 0 Å². The van der Waals surface area contributed by atoms with Crippen LogP contribution in [0.25, 0.3) is 11.0 Å². The minimum Gasteiger partial charge on any atom is -0.330 e. The second-order valence-corrected chi connectivity index (χ2v) is 4.53. The Hall–Kier alpha value is -1.64. The Morgan fingerprint density at radius 1 is 1.38 bits per heavy atom. The van der Waals surface area contributed by atoms with Crippen molar-refractivity contribution in [2.24, 2.45) is 5.92 Å². The second-order valence-electron chi connectivity index (χ2n) is 4.53. The van der Waals surface area contributed by atoms with Crippen LogP contribution in [0.1, 0.15) is 19.3 Å². The van der Waals surface area contributed by atoms with Crippen molar-refractivity contribution in [1.29, 1.82) is 0 Å². The van der Waals surface area contributed by atoms with Crippen LogP contribution < -0.4 is 0 Å². The molecule has 1 aliphatic rings. The monoisotopic (exact) mass is 214 g/mol. The number of ketones is 1. The second kappa shape index (κ2) is 3.74. The molecule has 3 heteroatoms. The molecule has 1 aliphatic carbocycles. The largest absolute Gasteiger partial charge is 0.330 e. The van der Waals surface area contributed by atoms with E-state index in [-0.39, 0.29) is 0 Å². The third kappa shape index (κ3) is 1.62. The fourth-order valence-corrected chi connectivity index (χ4v) is 2.48. The van der Waals surface area contributed by atoms with Crippen molar-refractivity contribution in [2.45, 2.75) is 25.8 Å². The Morgan fingerprint density at radius 3 is 3.06 bits per heavy atom. The van der Waals surface area contributed by atoms with E-state index in [0.29, 0.717) is 11.7 Å². The molecule has 1 aromatic heterocycles. The topological polar surface area (TPSA) is 34.9 Å². The number of hydrogen-bond donors (Lipinski definition) is 0. The molecule has 0 bridgehead atoms. The highest BCUT2D eigenvalue weighted by Crippen LogP contribution is 2.25. The summed E-state index contributed by atoms with van der Waals surface area (Å²) < 4.78 is 2.17. The average molecular weight is 214 g/mol. The summed E-state index contributed by atoms with van der Waals surface area (Å²) in [6.45, 7) is 0.923. The van der Waals surface area contributed by atoms with E-state index in [1.165, 1.54) is 5.52 Å². The fraction of sp³-hybridized carbons (Fsp3) is 0.385. The Labute approximate surface area is 94.1 Å². The Bertz CT molecular complexity index is 529. The van der Waals surface area contributed by atoms with Crippen LogP contribution in [-0.4, -0.2) is 15.3 Å². The van der Waals surface area contributed by atoms with Gasteiger partial charge in [0.1, 0.15) is 5.78 Å². The zero-order chi connectivity index (χ0) is 11.0. The molecule has 82 valence electrons. The van der Waals surface area contributed by atoms with Gasteiger partial charge in [-0.15, -0.1) is 0 Å². The van der Waals surface area contributed by atoms with Crippen LogP contribution in [-0.2, 0) is 11.3 Å². The van der Waals surface area contributed by atoms with E-state index in [4.69, 9.17) is 0 Å². The summed E-state index contributed by atoms with van der Waals surface area (Å²) in [6.07, 6.45) is 4.42. The highest BCUT2D eigenvalue weighted by molar-refractivity contribution is 5.80. The summed E-state index contributed by atoms with van der Waals surface area (Å²) in [7, 11) is 0. The lowest BCUT2D eigenvalue weighted by atomic mass is 10.1. The summed E-state index contributed by atoms with van der Waals surface area (Å²) in [5, 5.41) is 0. The van der Waals surface area contributed by atoms with Gasteiger partial charge in [0.25, 0.3) is 0 Å². The van der Waals surface area contributed by atoms with E-state index in [0.717, 1.165) is 31.3 Å². The number of imidazole rings is 1. The van der Waals surface area contributed by atoms with E-state index < -0.39 is 0 Å². The molecule has 0 aliphatic heterocycles. The molecule has 0 spiro atoms. The van der Waals surface area contributed by atoms with Crippen LogP contribution in [0.4, 0.5) is 0 Å². The lowest BCUT2D eigenvalue weighted by Crippen LogP contribution is -2.06. The third-order valence-corrected chi connectivity index (χ3v) is 3.33. The van der Waals surface area contributed by atoms with Gasteiger partial charge in [0.15, 0.2) is 0 Å². The van der Waals surface area contributed by atoms with Crippen molar-refractivity contribution in [2.75, 3.05) is 0 Å². The van der Waals surface area contributed by atoms with E-state index in [9.17, 15) is 4.79 Å². The van der Waals surface area contributed by atoms with Gasteiger partial charge in [0.2, 0.25) is 0 Å². The summed E-state index contributed by atoms with van der Waals surface area (Å²) in [5.74, 6) is 0.916. The summed E-state index contributed by atoms with van der Waals surface area (Å²) in [6, 6.07) is 8.13. The molecule has 16 heavy (non-hydrogen) atoms. The van der Waals surface area contributed by atoms with Gasteiger partial charge in [-0.2, -0.15) is 0 Å². The molecular weight excluding hydrogens is 200 g/mol. The summed E-state index contributed by atoms with van der Waals surface area (Å²) in [5.41, 5.74) is 2.20. The van der Waals surface area contributed by atoms with E-state index in [1.807, 2.05) is 24.5 Å². The van der Waals surface area contributed by atoms with Crippen molar-refractivity contribution in [1.82, 2.24) is 9.55 Å². The molecule has 0 amide bonds. The van der Waals surface area contributed by atoms with E-state index in [1.54, 1.807) is 0 Å². The quantitative estimate of drug-likeness (QED) is 0.769. The highest BCUT2D eigenvalue weighted by atomic mass is 16.1. The maximum atomic E-state index is 11.2. The lowest BCUT2D eigenvalue weighted by molar-refractivity contribution is -0.117. The highest BCUT2D eigenvalue weighted by Gasteiger charge is 2.22.